The lowest BCUT2D eigenvalue weighted by atomic mass is 10.1. The zero-order valence-corrected chi connectivity index (χ0v) is 20.3. The van der Waals surface area contributed by atoms with Gasteiger partial charge in [-0.15, -0.1) is 0 Å². The molecular formula is C28H30N2O3S. The molecule has 0 amide bonds. The standard InChI is InChI=1S/C28H30N2O3S/c1-2-3-4-5-13-20-29-23-15-10-12-17-25(23)34-27(29)19-8-6-7-18-26-30(21-28(31)32)22-14-9-11-16-24(22)33-26/h6-12,14-19H,2-5,13,20-21H2,1H3. The number of hydrogen-bond acceptors (Lipinski definition) is 5. The van der Waals surface area contributed by atoms with E-state index in [1.807, 2.05) is 42.5 Å². The minimum atomic E-state index is -1.15. The number of hydrogen-bond donors (Lipinski definition) is 0. The highest BCUT2D eigenvalue weighted by Crippen LogP contribution is 2.38. The smallest absolute Gasteiger partial charge is 0.262 e. The molecule has 1 aliphatic rings. The van der Waals surface area contributed by atoms with Crippen LogP contribution in [0.15, 0.2) is 78.7 Å². The van der Waals surface area contributed by atoms with Crippen LogP contribution in [0.5, 0.6) is 5.75 Å². The second-order valence-corrected chi connectivity index (χ2v) is 9.31. The fourth-order valence-corrected chi connectivity index (χ4v) is 5.19. The molecule has 1 aliphatic heterocycles. The minimum absolute atomic E-state index is 0.257. The number of allylic oxidation sites excluding steroid dienone is 4. The van der Waals surface area contributed by atoms with E-state index in [0.717, 1.165) is 12.2 Å². The highest BCUT2D eigenvalue weighted by Gasteiger charge is 2.25. The van der Waals surface area contributed by atoms with Gasteiger partial charge in [0.2, 0.25) is 11.4 Å². The van der Waals surface area contributed by atoms with Gasteiger partial charge in [-0.3, -0.25) is 0 Å². The van der Waals surface area contributed by atoms with Gasteiger partial charge in [0.15, 0.2) is 12.3 Å². The number of anilines is 1. The van der Waals surface area contributed by atoms with Crippen LogP contribution >= 0.6 is 11.3 Å². The molecule has 0 N–H and O–H groups in total. The molecule has 0 saturated heterocycles. The fraction of sp³-hybridized carbons (Fsp3) is 0.286. The van der Waals surface area contributed by atoms with E-state index in [-0.39, 0.29) is 6.54 Å². The van der Waals surface area contributed by atoms with E-state index < -0.39 is 5.97 Å². The molecule has 176 valence electrons. The fourth-order valence-electron chi connectivity index (χ4n) is 4.09. The zero-order valence-electron chi connectivity index (χ0n) is 19.5. The van der Waals surface area contributed by atoms with Crippen LogP contribution in [0.1, 0.15) is 44.0 Å². The van der Waals surface area contributed by atoms with E-state index >= 15 is 0 Å². The Kier molecular flexibility index (Phi) is 8.15. The second kappa shape index (κ2) is 11.7. The van der Waals surface area contributed by atoms with Crippen molar-refractivity contribution in [1.29, 1.82) is 0 Å². The van der Waals surface area contributed by atoms with Gasteiger partial charge >= 0.3 is 0 Å². The SMILES string of the molecule is CCCCCCC[n+]1c(/C=C/C=C/C=C2\Oc3ccccc3N2CC(=O)[O-])sc2ccccc21. The first kappa shape index (κ1) is 23.8. The van der Waals surface area contributed by atoms with Gasteiger partial charge in [0.25, 0.3) is 5.01 Å². The number of carbonyl (C=O) groups is 1. The van der Waals surface area contributed by atoms with Gasteiger partial charge in [0.05, 0.1) is 18.2 Å². The summed E-state index contributed by atoms with van der Waals surface area (Å²) in [6.07, 6.45) is 16.0. The average molecular weight is 475 g/mol. The van der Waals surface area contributed by atoms with E-state index in [0.29, 0.717) is 11.6 Å². The van der Waals surface area contributed by atoms with Gasteiger partial charge in [-0.05, 0) is 30.7 Å². The minimum Gasteiger partial charge on any atom is -0.548 e. The first-order valence-electron chi connectivity index (χ1n) is 11.9. The Labute approximate surface area is 204 Å². The predicted octanol–water partition coefficient (Wildman–Crippen LogP) is 5.22. The quantitative estimate of drug-likeness (QED) is 0.217. The number of carbonyl (C=O) groups excluding carboxylic acids is 1. The Morgan fingerprint density at radius 2 is 1.82 bits per heavy atom. The molecule has 0 radical (unpaired) electrons. The summed E-state index contributed by atoms with van der Waals surface area (Å²) >= 11 is 1.80. The molecule has 2 aromatic carbocycles. The van der Waals surface area contributed by atoms with Gasteiger partial charge in [-0.25, -0.2) is 0 Å². The molecule has 3 aromatic rings. The molecule has 0 fully saturated rings. The van der Waals surface area contributed by atoms with Gasteiger partial charge in [0, 0.05) is 18.6 Å². The number of thiazole rings is 1. The summed E-state index contributed by atoms with van der Waals surface area (Å²) in [7, 11) is 0. The molecule has 34 heavy (non-hydrogen) atoms. The molecule has 6 heteroatoms. The predicted molar refractivity (Wildman–Crippen MR) is 136 cm³/mol. The highest BCUT2D eigenvalue weighted by atomic mass is 32.1. The van der Waals surface area contributed by atoms with E-state index in [9.17, 15) is 9.90 Å². The summed E-state index contributed by atoms with van der Waals surface area (Å²) < 4.78 is 9.53. The zero-order chi connectivity index (χ0) is 23.8. The molecule has 0 spiro atoms. The van der Waals surface area contributed by atoms with Crippen LogP contribution in [0.2, 0.25) is 0 Å². The first-order chi connectivity index (χ1) is 16.7. The van der Waals surface area contributed by atoms with E-state index in [4.69, 9.17) is 4.74 Å². The Balaban J connectivity index is 1.47. The maximum atomic E-state index is 11.2. The third kappa shape index (κ3) is 5.75. The van der Waals surface area contributed by atoms with Crippen LogP contribution < -0.4 is 19.3 Å². The molecule has 0 aliphatic carbocycles. The molecule has 0 atom stereocenters. The molecule has 0 saturated carbocycles. The normalized spacial score (nSPS) is 14.5. The summed E-state index contributed by atoms with van der Waals surface area (Å²) in [5.41, 5.74) is 2.01. The lowest BCUT2D eigenvalue weighted by Crippen LogP contribution is -2.36. The Morgan fingerprint density at radius 3 is 2.68 bits per heavy atom. The van der Waals surface area contributed by atoms with Crippen LogP contribution in [0.25, 0.3) is 16.3 Å². The second-order valence-electron chi connectivity index (χ2n) is 8.25. The number of carboxylic acid groups (broad SMARTS) is 1. The van der Waals surface area contributed by atoms with Crippen molar-refractivity contribution in [3.63, 3.8) is 0 Å². The number of rotatable bonds is 11. The number of aromatic nitrogens is 1. The van der Waals surface area contributed by atoms with Crippen molar-refractivity contribution in [2.45, 2.75) is 45.6 Å². The largest absolute Gasteiger partial charge is 0.548 e. The van der Waals surface area contributed by atoms with E-state index in [2.05, 4.69) is 41.8 Å². The number of fused-ring (bicyclic) bond motifs is 2. The van der Waals surface area contributed by atoms with Crippen molar-refractivity contribution in [1.82, 2.24) is 0 Å². The van der Waals surface area contributed by atoms with Crippen LogP contribution in [0.4, 0.5) is 5.69 Å². The van der Waals surface area contributed by atoms with Gasteiger partial charge in [-0.1, -0.05) is 80.0 Å². The Morgan fingerprint density at radius 1 is 1.03 bits per heavy atom. The lowest BCUT2D eigenvalue weighted by molar-refractivity contribution is -0.669. The van der Waals surface area contributed by atoms with Gasteiger partial charge in [-0.2, -0.15) is 4.57 Å². The van der Waals surface area contributed by atoms with E-state index in [1.54, 1.807) is 22.3 Å². The first-order valence-corrected chi connectivity index (χ1v) is 12.7. The molecule has 0 unspecified atom stereocenters. The Hall–Kier alpha value is -3.38. The van der Waals surface area contributed by atoms with Crippen molar-refractivity contribution in [3.05, 3.63) is 83.7 Å². The number of unbranched alkanes of at least 4 members (excludes halogenated alkanes) is 4. The van der Waals surface area contributed by atoms with Crippen molar-refractivity contribution < 1.29 is 19.2 Å². The van der Waals surface area contributed by atoms with Crippen molar-refractivity contribution in [2.24, 2.45) is 0 Å². The van der Waals surface area contributed by atoms with Crippen molar-refractivity contribution in [2.75, 3.05) is 11.4 Å². The summed E-state index contributed by atoms with van der Waals surface area (Å²) in [5.74, 6) is -0.0395. The van der Waals surface area contributed by atoms with Crippen molar-refractivity contribution >= 4 is 39.3 Å². The van der Waals surface area contributed by atoms with E-state index in [1.165, 1.54) is 47.3 Å². The molecule has 0 bridgehead atoms. The maximum absolute atomic E-state index is 11.2. The number of aryl methyl sites for hydroxylation is 1. The Bertz CT molecular complexity index is 1230. The maximum Gasteiger partial charge on any atom is 0.262 e. The molecular weight excluding hydrogens is 444 g/mol. The molecule has 1 aromatic heterocycles. The molecule has 5 nitrogen and oxygen atoms in total. The summed E-state index contributed by atoms with van der Waals surface area (Å²) in [6, 6.07) is 15.9. The van der Waals surface area contributed by atoms with Crippen LogP contribution in [-0.4, -0.2) is 12.5 Å². The van der Waals surface area contributed by atoms with Crippen LogP contribution in [0, 0.1) is 0 Å². The van der Waals surface area contributed by atoms with Crippen LogP contribution in [0.3, 0.4) is 0 Å². The third-order valence-corrected chi connectivity index (χ3v) is 6.88. The number of aliphatic carboxylic acids is 1. The summed E-state index contributed by atoms with van der Waals surface area (Å²) in [5, 5.41) is 12.4. The van der Waals surface area contributed by atoms with Crippen molar-refractivity contribution in [3.8, 4) is 5.75 Å². The summed E-state index contributed by atoms with van der Waals surface area (Å²) in [6.45, 7) is 3.00. The van der Waals surface area contributed by atoms with Gasteiger partial charge in [0.1, 0.15) is 4.70 Å². The lowest BCUT2D eigenvalue weighted by Gasteiger charge is -2.18. The number of ether oxygens (including phenoxy) is 1. The van der Waals surface area contributed by atoms with Crippen LogP contribution in [-0.2, 0) is 11.3 Å². The third-order valence-electron chi connectivity index (χ3n) is 5.75. The average Bonchev–Trinajstić information content (AvgIpc) is 3.36. The number of benzene rings is 2. The van der Waals surface area contributed by atoms with Gasteiger partial charge < -0.3 is 19.5 Å². The number of para-hydroxylation sites is 3. The monoisotopic (exact) mass is 474 g/mol. The summed E-state index contributed by atoms with van der Waals surface area (Å²) in [4.78, 5) is 12.8. The highest BCUT2D eigenvalue weighted by molar-refractivity contribution is 7.18. The molecule has 2 heterocycles. The number of carboxylic acids is 1. The number of nitrogens with zero attached hydrogens (tertiary/aromatic N) is 2. The molecule has 4 rings (SSSR count). The topological polar surface area (TPSA) is 56.5 Å².